The van der Waals surface area contributed by atoms with Gasteiger partial charge in [-0.05, 0) is 127 Å². The van der Waals surface area contributed by atoms with Crippen LogP contribution in [-0.4, -0.2) is 43.8 Å². The molecule has 0 spiro atoms. The number of aliphatic hydroxyl groups is 4. The van der Waals surface area contributed by atoms with Crippen molar-refractivity contribution in [2.24, 2.45) is 22.7 Å². The van der Waals surface area contributed by atoms with Crippen molar-refractivity contribution in [3.05, 3.63) is 23.3 Å². The van der Waals surface area contributed by atoms with Gasteiger partial charge in [-0.1, -0.05) is 50.0 Å². The fourth-order valence-electron chi connectivity index (χ4n) is 8.24. The molecule has 0 aromatic rings. The highest BCUT2D eigenvalue weighted by Crippen LogP contribution is 2.64. The Morgan fingerprint density at radius 2 is 1.39 bits per heavy atom. The molecule has 4 N–H and O–H groups in total. The minimum atomic E-state index is -0.620. The van der Waals surface area contributed by atoms with Crippen LogP contribution >= 0.6 is 0 Å². The summed E-state index contributed by atoms with van der Waals surface area (Å²) in [6.07, 6.45) is 17.8. The summed E-state index contributed by atoms with van der Waals surface area (Å²) >= 11 is 0. The second kappa shape index (κ2) is 11.6. The highest BCUT2D eigenvalue weighted by molar-refractivity contribution is 5.26. The van der Waals surface area contributed by atoms with Crippen molar-refractivity contribution in [3.63, 3.8) is 0 Å². The topological polar surface area (TPSA) is 80.9 Å². The lowest BCUT2D eigenvalue weighted by Crippen LogP contribution is -2.41. The first kappa shape index (κ1) is 29.9. The van der Waals surface area contributed by atoms with Crippen LogP contribution in [0.2, 0.25) is 0 Å². The minimum absolute atomic E-state index is 0.207. The highest BCUT2D eigenvalue weighted by Gasteiger charge is 2.54. The van der Waals surface area contributed by atoms with E-state index >= 15 is 0 Å². The molecule has 3 aliphatic rings. The summed E-state index contributed by atoms with van der Waals surface area (Å²) in [6, 6.07) is 0. The van der Waals surface area contributed by atoms with Crippen LogP contribution in [0, 0.1) is 22.7 Å². The molecule has 0 aliphatic heterocycles. The fraction of sp³-hybridized carbons (Fsp3) is 0.875. The van der Waals surface area contributed by atoms with E-state index in [1.165, 1.54) is 31.3 Å². The molecule has 5 atom stereocenters. The molecule has 208 valence electrons. The number of hydrogen-bond acceptors (Lipinski definition) is 4. The first-order valence-corrected chi connectivity index (χ1v) is 14.8. The maximum Gasteiger partial charge on any atom is 0.0602 e. The van der Waals surface area contributed by atoms with Gasteiger partial charge >= 0.3 is 0 Å². The molecule has 0 aromatic heterocycles. The highest BCUT2D eigenvalue weighted by atomic mass is 16.3. The largest absolute Gasteiger partial charge is 0.393 e. The van der Waals surface area contributed by atoms with Gasteiger partial charge in [0.15, 0.2) is 0 Å². The van der Waals surface area contributed by atoms with Crippen LogP contribution in [0.3, 0.4) is 0 Å². The monoisotopic (exact) mass is 504 g/mol. The third kappa shape index (κ3) is 7.91. The zero-order valence-electron chi connectivity index (χ0n) is 24.2. The Bertz CT molecular complexity index is 751. The van der Waals surface area contributed by atoms with Crippen LogP contribution in [-0.2, 0) is 0 Å². The van der Waals surface area contributed by atoms with E-state index in [4.69, 9.17) is 0 Å². The summed E-state index contributed by atoms with van der Waals surface area (Å²) in [6.45, 7) is 12.7. The summed E-state index contributed by atoms with van der Waals surface area (Å²) < 4.78 is 0. The van der Waals surface area contributed by atoms with Gasteiger partial charge in [0.1, 0.15) is 0 Å². The van der Waals surface area contributed by atoms with Crippen molar-refractivity contribution in [1.29, 1.82) is 0 Å². The zero-order valence-corrected chi connectivity index (χ0v) is 24.2. The van der Waals surface area contributed by atoms with Crippen LogP contribution < -0.4 is 0 Å². The van der Waals surface area contributed by atoms with E-state index in [-0.39, 0.29) is 10.8 Å². The fourth-order valence-corrected chi connectivity index (χ4v) is 8.24. The molecule has 3 aliphatic carbocycles. The van der Waals surface area contributed by atoms with E-state index in [1.54, 1.807) is 5.57 Å². The molecule has 4 heteroatoms. The van der Waals surface area contributed by atoms with Crippen LogP contribution in [0.25, 0.3) is 0 Å². The smallest absolute Gasteiger partial charge is 0.0602 e. The van der Waals surface area contributed by atoms with Crippen molar-refractivity contribution < 1.29 is 20.4 Å². The van der Waals surface area contributed by atoms with Gasteiger partial charge in [0.05, 0.1) is 23.4 Å². The van der Waals surface area contributed by atoms with Gasteiger partial charge in [-0.2, -0.15) is 0 Å². The van der Waals surface area contributed by atoms with Gasteiger partial charge < -0.3 is 20.4 Å². The Hall–Kier alpha value is -0.680. The van der Waals surface area contributed by atoms with Crippen LogP contribution in [0.1, 0.15) is 131 Å². The second-order valence-electron chi connectivity index (χ2n) is 14.5. The van der Waals surface area contributed by atoms with Gasteiger partial charge in [-0.15, -0.1) is 0 Å². The SMILES string of the molecule is CC(C)(O)CCCC(C)(CCCC(C)(C)O)[C@H]1CCC2/C(=C/C=C3C[C@@H](O)C[C@H](O)C3)CCC[C@@]21C. The quantitative estimate of drug-likeness (QED) is 0.262. The minimum Gasteiger partial charge on any atom is -0.393 e. The number of allylic oxidation sites excluding steroid dienone is 3. The molecule has 0 bridgehead atoms. The van der Waals surface area contributed by atoms with Gasteiger partial charge in [0, 0.05) is 0 Å². The maximum atomic E-state index is 10.4. The van der Waals surface area contributed by atoms with E-state index in [0.29, 0.717) is 31.1 Å². The van der Waals surface area contributed by atoms with Crippen LogP contribution in [0.5, 0.6) is 0 Å². The molecule has 0 amide bonds. The molecule has 0 heterocycles. The molecule has 36 heavy (non-hydrogen) atoms. The summed E-state index contributed by atoms with van der Waals surface area (Å²) in [4.78, 5) is 0. The molecule has 0 saturated heterocycles. The predicted octanol–water partition coefficient (Wildman–Crippen LogP) is 6.85. The molecule has 4 nitrogen and oxygen atoms in total. The lowest BCUT2D eigenvalue weighted by atomic mass is 9.55. The molecule has 3 fully saturated rings. The van der Waals surface area contributed by atoms with E-state index < -0.39 is 23.4 Å². The van der Waals surface area contributed by atoms with Crippen molar-refractivity contribution in [3.8, 4) is 0 Å². The Labute approximate surface area is 221 Å². The van der Waals surface area contributed by atoms with Crippen molar-refractivity contribution in [1.82, 2.24) is 0 Å². The van der Waals surface area contributed by atoms with E-state index in [1.807, 2.05) is 27.7 Å². The Kier molecular flexibility index (Phi) is 9.62. The number of aliphatic hydroxyl groups excluding tert-OH is 2. The van der Waals surface area contributed by atoms with E-state index in [2.05, 4.69) is 26.0 Å². The summed E-state index contributed by atoms with van der Waals surface area (Å²) in [5.74, 6) is 1.25. The third-order valence-corrected chi connectivity index (χ3v) is 9.95. The zero-order chi connectivity index (χ0) is 26.8. The standard InChI is InChI=1S/C32H56O4/c1-29(2,35)15-8-17-31(5,18-9-16-30(3,4)36)28-14-13-27-24(10-7-19-32(27,28)6)12-11-23-20-25(33)22-26(34)21-23/h11-12,25-28,33-36H,7-10,13-22H2,1-6H3/b24-12+/t25-,26-,27?,28-,32+/m1/s1. The molecular weight excluding hydrogens is 448 g/mol. The lowest BCUT2D eigenvalue weighted by Gasteiger charge is -2.50. The predicted molar refractivity (Wildman–Crippen MR) is 149 cm³/mol. The van der Waals surface area contributed by atoms with Crippen LogP contribution in [0.15, 0.2) is 23.3 Å². The van der Waals surface area contributed by atoms with E-state index in [9.17, 15) is 20.4 Å². The normalized spacial score (nSPS) is 33.2. The molecule has 3 rings (SSSR count). The molecular formula is C32H56O4. The van der Waals surface area contributed by atoms with Crippen molar-refractivity contribution in [2.45, 2.75) is 155 Å². The maximum absolute atomic E-state index is 10.4. The third-order valence-electron chi connectivity index (χ3n) is 9.95. The van der Waals surface area contributed by atoms with Gasteiger partial charge in [0.25, 0.3) is 0 Å². The van der Waals surface area contributed by atoms with Gasteiger partial charge in [0.2, 0.25) is 0 Å². The average Bonchev–Trinajstić information content (AvgIpc) is 3.08. The van der Waals surface area contributed by atoms with Crippen molar-refractivity contribution >= 4 is 0 Å². The molecule has 3 saturated carbocycles. The molecule has 1 unspecified atom stereocenters. The average molecular weight is 505 g/mol. The Morgan fingerprint density at radius 3 is 1.92 bits per heavy atom. The van der Waals surface area contributed by atoms with Gasteiger partial charge in [-0.25, -0.2) is 0 Å². The number of hydrogen-bond donors (Lipinski definition) is 4. The summed E-state index contributed by atoms with van der Waals surface area (Å²) in [5, 5.41) is 40.9. The first-order chi connectivity index (χ1) is 16.6. The Morgan fingerprint density at radius 1 is 0.833 bits per heavy atom. The summed E-state index contributed by atoms with van der Waals surface area (Å²) in [5.41, 5.74) is 2.00. The second-order valence-corrected chi connectivity index (χ2v) is 14.5. The van der Waals surface area contributed by atoms with Crippen LogP contribution in [0.4, 0.5) is 0 Å². The number of rotatable bonds is 10. The summed E-state index contributed by atoms with van der Waals surface area (Å²) in [7, 11) is 0. The van der Waals surface area contributed by atoms with Gasteiger partial charge in [-0.3, -0.25) is 0 Å². The van der Waals surface area contributed by atoms with Crippen molar-refractivity contribution in [2.75, 3.05) is 0 Å². The molecule has 0 aromatic carbocycles. The molecule has 0 radical (unpaired) electrons. The Balaban J connectivity index is 1.79. The number of fused-ring (bicyclic) bond motifs is 1. The lowest BCUT2D eigenvalue weighted by molar-refractivity contribution is 0.00527. The van der Waals surface area contributed by atoms with E-state index in [0.717, 1.165) is 44.9 Å². The first-order valence-electron chi connectivity index (χ1n) is 14.8.